The number of benzene rings is 4. The number of morpholine rings is 1. The third-order valence-corrected chi connectivity index (χ3v) is 9.92. The van der Waals surface area contributed by atoms with Gasteiger partial charge in [0.15, 0.2) is 5.82 Å². The number of aromatic nitrogens is 2. The standard InChI is InChI=1S/C37H37N5O2/c43-35-36(18-20-38-27-36)19-21-41(35)31-16-17-33-32(26-31)34(40-22-24-44-25-23-40)39-42(33)37(28-10-4-1-5-11-28,29-12-6-2-7-13-29)30-14-8-3-9-15-30/h1-17,26,38H,18-25,27H2/t36-/m0/s1. The zero-order chi connectivity index (χ0) is 29.6. The number of anilines is 2. The largest absolute Gasteiger partial charge is 0.378 e. The molecule has 0 unspecified atom stereocenters. The summed E-state index contributed by atoms with van der Waals surface area (Å²) in [5.74, 6) is 1.18. The van der Waals surface area contributed by atoms with Crippen molar-refractivity contribution in [3.05, 3.63) is 126 Å². The summed E-state index contributed by atoms with van der Waals surface area (Å²) in [6, 6.07) is 38.6. The fourth-order valence-electron chi connectivity index (χ4n) is 7.63. The van der Waals surface area contributed by atoms with Crippen molar-refractivity contribution in [1.29, 1.82) is 0 Å². The van der Waals surface area contributed by atoms with Gasteiger partial charge in [0.1, 0.15) is 5.54 Å². The molecule has 7 nitrogen and oxygen atoms in total. The van der Waals surface area contributed by atoms with E-state index in [1.54, 1.807) is 0 Å². The predicted octanol–water partition coefficient (Wildman–Crippen LogP) is 5.43. The van der Waals surface area contributed by atoms with Crippen LogP contribution in [0, 0.1) is 5.41 Å². The summed E-state index contributed by atoms with van der Waals surface area (Å²) >= 11 is 0. The molecule has 5 aromatic rings. The van der Waals surface area contributed by atoms with Crippen molar-refractivity contribution >= 4 is 28.3 Å². The molecule has 1 spiro atoms. The van der Waals surface area contributed by atoms with Crippen molar-refractivity contribution in [2.75, 3.05) is 55.7 Å². The number of ether oxygens (including phenoxy) is 1. The topological polar surface area (TPSA) is 62.6 Å². The Hall–Kier alpha value is -4.46. The van der Waals surface area contributed by atoms with Crippen molar-refractivity contribution in [2.24, 2.45) is 5.41 Å². The number of carbonyl (C=O) groups excluding carboxylic acids is 1. The second-order valence-electron chi connectivity index (χ2n) is 12.3. The maximum absolute atomic E-state index is 13.8. The minimum atomic E-state index is -0.739. The first-order valence-electron chi connectivity index (χ1n) is 15.8. The normalized spacial score (nSPS) is 20.7. The van der Waals surface area contributed by atoms with Gasteiger partial charge in [-0.25, -0.2) is 4.68 Å². The molecule has 3 fully saturated rings. The highest BCUT2D eigenvalue weighted by atomic mass is 16.5. The van der Waals surface area contributed by atoms with E-state index in [-0.39, 0.29) is 11.3 Å². The number of rotatable bonds is 6. The second-order valence-corrected chi connectivity index (χ2v) is 12.3. The predicted molar refractivity (Wildman–Crippen MR) is 174 cm³/mol. The van der Waals surface area contributed by atoms with Crippen LogP contribution in [0.15, 0.2) is 109 Å². The van der Waals surface area contributed by atoms with Crippen LogP contribution >= 0.6 is 0 Å². The number of carbonyl (C=O) groups is 1. The number of hydrogen-bond acceptors (Lipinski definition) is 5. The smallest absolute Gasteiger partial charge is 0.234 e. The fraction of sp³-hybridized carbons (Fsp3) is 0.297. The molecule has 0 saturated carbocycles. The van der Waals surface area contributed by atoms with Gasteiger partial charge < -0.3 is 19.9 Å². The van der Waals surface area contributed by atoms with Gasteiger partial charge in [-0.3, -0.25) is 4.79 Å². The monoisotopic (exact) mass is 583 g/mol. The molecule has 8 rings (SSSR count). The lowest BCUT2D eigenvalue weighted by Gasteiger charge is -2.37. The number of fused-ring (bicyclic) bond motifs is 1. The molecule has 1 amide bonds. The van der Waals surface area contributed by atoms with Crippen LogP contribution in [0.25, 0.3) is 10.9 Å². The Morgan fingerprint density at radius 1 is 0.750 bits per heavy atom. The molecule has 7 heteroatoms. The Labute approximate surface area is 258 Å². The van der Waals surface area contributed by atoms with Gasteiger partial charge in [-0.2, -0.15) is 5.10 Å². The van der Waals surface area contributed by atoms with E-state index in [1.165, 1.54) is 0 Å². The van der Waals surface area contributed by atoms with Crippen LogP contribution < -0.4 is 15.1 Å². The van der Waals surface area contributed by atoms with E-state index >= 15 is 0 Å². The van der Waals surface area contributed by atoms with Gasteiger partial charge in [-0.15, -0.1) is 0 Å². The Kier molecular flexibility index (Phi) is 6.73. The number of nitrogens with zero attached hydrogens (tertiary/aromatic N) is 4. The van der Waals surface area contributed by atoms with Crippen LogP contribution in [0.1, 0.15) is 29.5 Å². The van der Waals surface area contributed by atoms with Gasteiger partial charge in [0.2, 0.25) is 5.91 Å². The summed E-state index contributed by atoms with van der Waals surface area (Å²) in [6.45, 7) is 5.29. The van der Waals surface area contributed by atoms with E-state index in [0.29, 0.717) is 13.2 Å². The molecule has 0 radical (unpaired) electrons. The Morgan fingerprint density at radius 3 is 1.93 bits per heavy atom. The summed E-state index contributed by atoms with van der Waals surface area (Å²) in [7, 11) is 0. The highest BCUT2D eigenvalue weighted by molar-refractivity contribution is 6.03. The summed E-state index contributed by atoms with van der Waals surface area (Å²) in [4.78, 5) is 18.2. The van der Waals surface area contributed by atoms with Crippen LogP contribution in [0.2, 0.25) is 0 Å². The maximum atomic E-state index is 13.8. The second kappa shape index (κ2) is 10.9. The Bertz CT molecular complexity index is 1680. The van der Waals surface area contributed by atoms with Gasteiger partial charge >= 0.3 is 0 Å². The zero-order valence-electron chi connectivity index (χ0n) is 24.9. The van der Waals surface area contributed by atoms with Crippen molar-refractivity contribution in [1.82, 2.24) is 15.1 Å². The van der Waals surface area contributed by atoms with E-state index in [0.717, 1.165) is 84.7 Å². The highest BCUT2D eigenvalue weighted by Crippen LogP contribution is 2.45. The first-order valence-corrected chi connectivity index (χ1v) is 15.8. The van der Waals surface area contributed by atoms with Gasteiger partial charge in [0, 0.05) is 37.3 Å². The lowest BCUT2D eigenvalue weighted by atomic mass is 9.77. The first-order chi connectivity index (χ1) is 21.7. The third kappa shape index (κ3) is 4.18. The lowest BCUT2D eigenvalue weighted by molar-refractivity contribution is -0.124. The SMILES string of the molecule is O=C1N(c2ccc3c(c2)c(N2CCOCC2)nn3C(c2ccccc2)(c2ccccc2)c2ccccc2)CC[C@]12CCNC2. The van der Waals surface area contributed by atoms with Crippen LogP contribution in [0.3, 0.4) is 0 Å². The average Bonchev–Trinajstić information content (AvgIpc) is 3.82. The average molecular weight is 584 g/mol. The summed E-state index contributed by atoms with van der Waals surface area (Å²) in [5, 5.41) is 10.0. The van der Waals surface area contributed by atoms with E-state index in [2.05, 4.69) is 124 Å². The molecule has 44 heavy (non-hydrogen) atoms. The third-order valence-electron chi connectivity index (χ3n) is 9.92. The van der Waals surface area contributed by atoms with Crippen molar-refractivity contribution < 1.29 is 9.53 Å². The first kappa shape index (κ1) is 27.1. The van der Waals surface area contributed by atoms with Crippen molar-refractivity contribution in [3.63, 3.8) is 0 Å². The number of nitrogens with one attached hydrogen (secondary N) is 1. The minimum absolute atomic E-state index is 0.245. The molecular weight excluding hydrogens is 546 g/mol. The van der Waals surface area contributed by atoms with Crippen LogP contribution in [0.4, 0.5) is 11.5 Å². The maximum Gasteiger partial charge on any atom is 0.234 e. The lowest BCUT2D eigenvalue weighted by Crippen LogP contribution is -2.40. The molecule has 4 heterocycles. The molecule has 1 atom stereocenters. The minimum Gasteiger partial charge on any atom is -0.378 e. The van der Waals surface area contributed by atoms with E-state index < -0.39 is 5.54 Å². The molecule has 1 aromatic heterocycles. The highest BCUT2D eigenvalue weighted by Gasteiger charge is 2.49. The Balaban J connectivity index is 1.39. The van der Waals surface area contributed by atoms with E-state index in [1.807, 2.05) is 4.90 Å². The molecule has 0 aliphatic carbocycles. The molecule has 3 aliphatic rings. The van der Waals surface area contributed by atoms with Crippen molar-refractivity contribution in [3.8, 4) is 0 Å². The van der Waals surface area contributed by atoms with E-state index in [9.17, 15) is 4.79 Å². The van der Waals surface area contributed by atoms with Gasteiger partial charge in [-0.05, 0) is 54.3 Å². The molecule has 1 N–H and O–H groups in total. The van der Waals surface area contributed by atoms with Crippen molar-refractivity contribution in [2.45, 2.75) is 18.4 Å². The van der Waals surface area contributed by atoms with Gasteiger partial charge in [0.25, 0.3) is 0 Å². The summed E-state index contributed by atoms with van der Waals surface area (Å²) < 4.78 is 7.98. The zero-order valence-corrected chi connectivity index (χ0v) is 24.9. The molecule has 3 saturated heterocycles. The number of hydrogen-bond donors (Lipinski definition) is 1. The van der Waals surface area contributed by atoms with Gasteiger partial charge in [-0.1, -0.05) is 91.0 Å². The quantitative estimate of drug-likeness (QED) is 0.270. The van der Waals surface area contributed by atoms with Crippen LogP contribution in [-0.4, -0.2) is 61.6 Å². The molecular formula is C37H37N5O2. The fourth-order valence-corrected chi connectivity index (χ4v) is 7.63. The van der Waals surface area contributed by atoms with E-state index in [4.69, 9.17) is 9.84 Å². The van der Waals surface area contributed by atoms with Crippen LogP contribution in [0.5, 0.6) is 0 Å². The summed E-state index contributed by atoms with van der Waals surface area (Å²) in [5.41, 5.74) is 4.35. The molecule has 0 bridgehead atoms. The molecule has 4 aromatic carbocycles. The Morgan fingerprint density at radius 2 is 1.36 bits per heavy atom. The molecule has 222 valence electrons. The van der Waals surface area contributed by atoms with Crippen LogP contribution in [-0.2, 0) is 15.1 Å². The number of amides is 1. The summed E-state index contributed by atoms with van der Waals surface area (Å²) in [6.07, 6.45) is 1.81. The van der Waals surface area contributed by atoms with Gasteiger partial charge in [0.05, 0.1) is 24.1 Å². The molecule has 3 aliphatic heterocycles.